The van der Waals surface area contributed by atoms with Gasteiger partial charge in [0, 0.05) is 24.5 Å². The first-order valence-electron chi connectivity index (χ1n) is 7.76. The summed E-state index contributed by atoms with van der Waals surface area (Å²) in [4.78, 5) is 3.81. The summed E-state index contributed by atoms with van der Waals surface area (Å²) >= 11 is 1.77. The highest BCUT2D eigenvalue weighted by Crippen LogP contribution is 2.36. The van der Waals surface area contributed by atoms with Crippen LogP contribution in [0.2, 0.25) is 0 Å². The third-order valence-corrected chi connectivity index (χ3v) is 4.88. The molecule has 0 aliphatic carbocycles. The topological polar surface area (TPSA) is 33.7 Å². The molecule has 0 aromatic heterocycles. The van der Waals surface area contributed by atoms with Crippen molar-refractivity contribution in [2.24, 2.45) is 0 Å². The summed E-state index contributed by atoms with van der Waals surface area (Å²) in [5, 5.41) is 3.56. The zero-order valence-corrected chi connectivity index (χ0v) is 13.5. The summed E-state index contributed by atoms with van der Waals surface area (Å²) in [6.07, 6.45) is 4.83. The van der Waals surface area contributed by atoms with Gasteiger partial charge >= 0.3 is 0 Å². The third-order valence-electron chi connectivity index (χ3n) is 4.06. The van der Waals surface area contributed by atoms with Crippen LogP contribution in [0.1, 0.15) is 18.4 Å². The molecule has 1 N–H and O–H groups in total. The quantitative estimate of drug-likeness (QED) is 0.644. The molecular formula is C16H24N2O2S. The van der Waals surface area contributed by atoms with Crippen LogP contribution in [-0.4, -0.2) is 50.5 Å². The van der Waals surface area contributed by atoms with Crippen LogP contribution in [0.25, 0.3) is 0 Å². The van der Waals surface area contributed by atoms with E-state index in [4.69, 9.17) is 9.47 Å². The fourth-order valence-electron chi connectivity index (χ4n) is 2.91. The monoisotopic (exact) mass is 308 g/mol. The molecule has 0 amide bonds. The number of likely N-dealkylation sites (tertiary alicyclic amines) is 1. The number of rotatable bonds is 6. The standard InChI is InChI=1S/C16H24N2O2S/c1-21-16-11-15-14(19-8-9-20-15)10-13(16)12-17-4-7-18-5-2-3-6-18/h10-11,17H,2-9,12H2,1H3. The fraction of sp³-hybridized carbons (Fsp3) is 0.625. The largest absolute Gasteiger partial charge is 0.486 e. The third kappa shape index (κ3) is 3.84. The summed E-state index contributed by atoms with van der Waals surface area (Å²) in [7, 11) is 0. The Morgan fingerprint density at radius 1 is 1.14 bits per heavy atom. The Bertz CT molecular complexity index is 476. The van der Waals surface area contributed by atoms with Gasteiger partial charge in [-0.2, -0.15) is 0 Å². The van der Waals surface area contributed by atoms with Crippen molar-refractivity contribution < 1.29 is 9.47 Å². The molecule has 1 aromatic carbocycles. The average Bonchev–Trinajstić information content (AvgIpc) is 3.04. The van der Waals surface area contributed by atoms with E-state index in [0.29, 0.717) is 13.2 Å². The second-order valence-corrected chi connectivity index (χ2v) is 6.38. The predicted molar refractivity (Wildman–Crippen MR) is 86.6 cm³/mol. The Hall–Kier alpha value is -0.910. The minimum absolute atomic E-state index is 0.646. The van der Waals surface area contributed by atoms with Crippen molar-refractivity contribution in [1.29, 1.82) is 0 Å². The number of hydrogen-bond donors (Lipinski definition) is 1. The Kier molecular flexibility index (Phi) is 5.27. The molecule has 0 spiro atoms. The average molecular weight is 308 g/mol. The van der Waals surface area contributed by atoms with Crippen LogP contribution >= 0.6 is 11.8 Å². The first kappa shape index (κ1) is 15.0. The lowest BCUT2D eigenvalue weighted by atomic mass is 10.2. The molecule has 2 aliphatic rings. The Morgan fingerprint density at radius 2 is 1.86 bits per heavy atom. The molecule has 0 bridgehead atoms. The van der Waals surface area contributed by atoms with Gasteiger partial charge in [-0.25, -0.2) is 0 Å². The van der Waals surface area contributed by atoms with Crippen molar-refractivity contribution in [3.05, 3.63) is 17.7 Å². The normalized spacial score (nSPS) is 18.1. The van der Waals surface area contributed by atoms with E-state index < -0.39 is 0 Å². The summed E-state index contributed by atoms with van der Waals surface area (Å²) in [5.41, 5.74) is 1.30. The lowest BCUT2D eigenvalue weighted by Crippen LogP contribution is -2.29. The van der Waals surface area contributed by atoms with Gasteiger partial charge in [0.15, 0.2) is 11.5 Å². The highest BCUT2D eigenvalue weighted by molar-refractivity contribution is 7.98. The molecular weight excluding hydrogens is 284 g/mol. The molecule has 0 saturated carbocycles. The molecule has 5 heteroatoms. The minimum atomic E-state index is 0.646. The van der Waals surface area contributed by atoms with Gasteiger partial charge in [-0.15, -0.1) is 11.8 Å². The summed E-state index contributed by atoms with van der Waals surface area (Å²) in [6.45, 7) is 6.91. The van der Waals surface area contributed by atoms with Gasteiger partial charge in [-0.3, -0.25) is 0 Å². The zero-order chi connectivity index (χ0) is 14.5. The van der Waals surface area contributed by atoms with Crippen LogP contribution in [0.5, 0.6) is 11.5 Å². The molecule has 3 rings (SSSR count). The zero-order valence-electron chi connectivity index (χ0n) is 12.7. The van der Waals surface area contributed by atoms with Gasteiger partial charge in [-0.05, 0) is 49.9 Å². The number of thioether (sulfide) groups is 1. The first-order chi connectivity index (χ1) is 10.4. The van der Waals surface area contributed by atoms with Gasteiger partial charge in [0.25, 0.3) is 0 Å². The van der Waals surface area contributed by atoms with Crippen molar-refractivity contribution in [2.45, 2.75) is 24.3 Å². The van der Waals surface area contributed by atoms with E-state index in [9.17, 15) is 0 Å². The first-order valence-corrected chi connectivity index (χ1v) is 8.99. The van der Waals surface area contributed by atoms with Gasteiger partial charge in [0.1, 0.15) is 13.2 Å². The molecule has 116 valence electrons. The number of fused-ring (bicyclic) bond motifs is 1. The van der Waals surface area contributed by atoms with Crippen molar-refractivity contribution in [3.8, 4) is 11.5 Å². The maximum Gasteiger partial charge on any atom is 0.162 e. The summed E-state index contributed by atoms with van der Waals surface area (Å²) in [6, 6.07) is 4.24. The summed E-state index contributed by atoms with van der Waals surface area (Å²) < 4.78 is 11.3. The number of nitrogens with one attached hydrogen (secondary N) is 1. The van der Waals surface area contributed by atoms with E-state index in [1.165, 1.54) is 36.4 Å². The second-order valence-electron chi connectivity index (χ2n) is 5.53. The van der Waals surface area contributed by atoms with Crippen molar-refractivity contribution in [1.82, 2.24) is 10.2 Å². The highest BCUT2D eigenvalue weighted by atomic mass is 32.2. The molecule has 1 fully saturated rings. The Balaban J connectivity index is 1.56. The van der Waals surface area contributed by atoms with E-state index >= 15 is 0 Å². The summed E-state index contributed by atoms with van der Waals surface area (Å²) in [5.74, 6) is 1.77. The molecule has 2 aliphatic heterocycles. The predicted octanol–water partition coefficient (Wildman–Crippen LogP) is 2.37. The van der Waals surface area contributed by atoms with E-state index in [2.05, 4.69) is 28.6 Å². The van der Waals surface area contributed by atoms with Crippen LogP contribution in [0.15, 0.2) is 17.0 Å². The van der Waals surface area contributed by atoms with Crippen LogP contribution in [0.4, 0.5) is 0 Å². The second kappa shape index (κ2) is 7.38. The molecule has 4 nitrogen and oxygen atoms in total. The van der Waals surface area contributed by atoms with Crippen LogP contribution in [0, 0.1) is 0 Å². The van der Waals surface area contributed by atoms with E-state index in [0.717, 1.165) is 31.1 Å². The molecule has 0 atom stereocenters. The maximum atomic E-state index is 5.68. The van der Waals surface area contributed by atoms with Gasteiger partial charge in [0.05, 0.1) is 0 Å². The lowest BCUT2D eigenvalue weighted by molar-refractivity contribution is 0.171. The molecule has 2 heterocycles. The lowest BCUT2D eigenvalue weighted by Gasteiger charge is -2.21. The van der Waals surface area contributed by atoms with Crippen LogP contribution < -0.4 is 14.8 Å². The van der Waals surface area contributed by atoms with Gasteiger partial charge < -0.3 is 19.7 Å². The van der Waals surface area contributed by atoms with Crippen molar-refractivity contribution >= 4 is 11.8 Å². The number of ether oxygens (including phenoxy) is 2. The molecule has 0 radical (unpaired) electrons. The highest BCUT2D eigenvalue weighted by Gasteiger charge is 2.15. The van der Waals surface area contributed by atoms with Gasteiger partial charge in [-0.1, -0.05) is 0 Å². The van der Waals surface area contributed by atoms with Crippen LogP contribution in [0.3, 0.4) is 0 Å². The maximum absolute atomic E-state index is 5.68. The number of nitrogens with zero attached hydrogens (tertiary/aromatic N) is 1. The minimum Gasteiger partial charge on any atom is -0.486 e. The van der Waals surface area contributed by atoms with Crippen LogP contribution in [-0.2, 0) is 6.54 Å². The molecule has 1 aromatic rings. The van der Waals surface area contributed by atoms with Gasteiger partial charge in [0.2, 0.25) is 0 Å². The Morgan fingerprint density at radius 3 is 2.57 bits per heavy atom. The molecule has 21 heavy (non-hydrogen) atoms. The molecule has 1 saturated heterocycles. The van der Waals surface area contributed by atoms with E-state index in [-0.39, 0.29) is 0 Å². The van der Waals surface area contributed by atoms with E-state index in [1.807, 2.05) is 0 Å². The number of benzene rings is 1. The molecule has 0 unspecified atom stereocenters. The van der Waals surface area contributed by atoms with E-state index in [1.54, 1.807) is 11.8 Å². The fourth-order valence-corrected chi connectivity index (χ4v) is 3.53. The smallest absolute Gasteiger partial charge is 0.162 e. The number of hydrogen-bond acceptors (Lipinski definition) is 5. The SMILES string of the molecule is CSc1cc2c(cc1CNCCN1CCCC1)OCCO2. The van der Waals surface area contributed by atoms with Crippen molar-refractivity contribution in [3.63, 3.8) is 0 Å². The van der Waals surface area contributed by atoms with Crippen molar-refractivity contribution in [2.75, 3.05) is 45.6 Å². The Labute approximate surface area is 131 Å².